The molecule has 4 aromatic carbocycles. The highest BCUT2D eigenvalue weighted by Crippen LogP contribution is 2.48. The van der Waals surface area contributed by atoms with Gasteiger partial charge < -0.3 is 0 Å². The minimum Gasteiger partial charge on any atom is -0.273 e. The van der Waals surface area contributed by atoms with Crippen LogP contribution in [-0.2, 0) is 22.4 Å². The van der Waals surface area contributed by atoms with E-state index in [4.69, 9.17) is 9.97 Å². The molecule has 2 aliphatic rings. The summed E-state index contributed by atoms with van der Waals surface area (Å²) in [5, 5.41) is 5.24. The molecule has 0 unspecified atom stereocenters. The van der Waals surface area contributed by atoms with Crippen LogP contribution in [0.5, 0.6) is 0 Å². The average molecular weight is 731 g/mol. The van der Waals surface area contributed by atoms with Crippen LogP contribution in [0.3, 0.4) is 0 Å². The maximum absolute atomic E-state index is 13.1. The van der Waals surface area contributed by atoms with Gasteiger partial charge >= 0.3 is 0 Å². The number of aryl methyl sites for hydroxylation is 2. The summed E-state index contributed by atoms with van der Waals surface area (Å²) in [7, 11) is 0. The SMILES string of the molecule is C[C@H]1S[C@H](c2ccccc2)N(c2nc(-c3ccc(CCc4ccc(-c5csc(N6C(=O)[C@@H](C)S[C@@H]6c6ccccc6)n5)cc4)cc3)cs2)C1=O. The molecule has 0 spiro atoms. The van der Waals surface area contributed by atoms with E-state index < -0.39 is 0 Å². The standard InChI is InChI=1S/C40H34N4O2S4/c1-25-35(45)43(37(49-25)31-9-5-3-6-10-31)39-41-33(23-47-39)29-19-15-27(16-20-29)13-14-28-17-21-30(22-18-28)34-24-48-40(42-34)44-36(46)26(2)50-38(44)32-11-7-4-8-12-32/h3-12,15-26,37-38H,13-14H2,1-2H3/t25-,26-,37-,38-/m1/s1. The topological polar surface area (TPSA) is 66.4 Å². The number of carbonyl (C=O) groups excluding carboxylic acids is 2. The van der Waals surface area contributed by atoms with Crippen molar-refractivity contribution in [3.05, 3.63) is 142 Å². The lowest BCUT2D eigenvalue weighted by atomic mass is 10.0. The quantitative estimate of drug-likeness (QED) is 0.148. The van der Waals surface area contributed by atoms with Crippen molar-refractivity contribution in [2.24, 2.45) is 0 Å². The third-order valence-corrected chi connectivity index (χ3v) is 13.5. The highest BCUT2D eigenvalue weighted by Gasteiger charge is 2.42. The fraction of sp³-hybridized carbons (Fsp3) is 0.200. The Morgan fingerprint density at radius 2 is 0.920 bits per heavy atom. The minimum absolute atomic E-state index is 0.0653. The van der Waals surface area contributed by atoms with Crippen LogP contribution in [0.4, 0.5) is 10.3 Å². The smallest absolute Gasteiger partial charge is 0.242 e. The van der Waals surface area contributed by atoms with Gasteiger partial charge in [-0.1, -0.05) is 109 Å². The highest BCUT2D eigenvalue weighted by molar-refractivity contribution is 8.01. The van der Waals surface area contributed by atoms with Gasteiger partial charge in [-0.25, -0.2) is 9.97 Å². The molecule has 8 rings (SSSR count). The molecule has 4 atom stereocenters. The predicted octanol–water partition coefficient (Wildman–Crippen LogP) is 10.1. The zero-order valence-corrected chi connectivity index (χ0v) is 30.8. The monoisotopic (exact) mass is 730 g/mol. The number of thioether (sulfide) groups is 2. The van der Waals surface area contributed by atoms with Crippen molar-refractivity contribution < 1.29 is 9.59 Å². The van der Waals surface area contributed by atoms with Gasteiger partial charge in [0.05, 0.1) is 21.9 Å². The summed E-state index contributed by atoms with van der Waals surface area (Å²) in [4.78, 5) is 39.8. The largest absolute Gasteiger partial charge is 0.273 e. The number of hydrogen-bond acceptors (Lipinski definition) is 8. The van der Waals surface area contributed by atoms with Gasteiger partial charge in [0.15, 0.2) is 10.3 Å². The first-order valence-electron chi connectivity index (χ1n) is 16.6. The molecular weight excluding hydrogens is 697 g/mol. The van der Waals surface area contributed by atoms with E-state index in [1.54, 1.807) is 23.5 Å². The molecule has 0 bridgehead atoms. The first-order chi connectivity index (χ1) is 24.4. The Labute approximate surface area is 308 Å². The van der Waals surface area contributed by atoms with Crippen molar-refractivity contribution in [3.8, 4) is 22.5 Å². The van der Waals surface area contributed by atoms with Crippen molar-refractivity contribution >= 4 is 68.3 Å². The van der Waals surface area contributed by atoms with E-state index in [1.807, 2.05) is 70.8 Å². The molecular formula is C40H34N4O2S4. The van der Waals surface area contributed by atoms with Gasteiger partial charge in [0.25, 0.3) is 0 Å². The molecule has 10 heteroatoms. The summed E-state index contributed by atoms with van der Waals surface area (Å²) in [5.74, 6) is 0.211. The molecule has 6 aromatic rings. The summed E-state index contributed by atoms with van der Waals surface area (Å²) in [6.07, 6.45) is 1.85. The molecule has 0 radical (unpaired) electrons. The summed E-state index contributed by atoms with van der Waals surface area (Å²) < 4.78 is 0. The number of rotatable bonds is 9. The second kappa shape index (κ2) is 14.2. The van der Waals surface area contributed by atoms with Crippen LogP contribution in [-0.4, -0.2) is 32.3 Å². The molecule has 0 N–H and O–H groups in total. The van der Waals surface area contributed by atoms with E-state index in [0.717, 1.165) is 56.7 Å². The molecule has 0 saturated carbocycles. The normalized spacial score (nSPS) is 20.6. The minimum atomic E-state index is -0.105. The third-order valence-electron chi connectivity index (χ3n) is 9.07. The lowest BCUT2D eigenvalue weighted by molar-refractivity contribution is -0.118. The third kappa shape index (κ3) is 6.53. The Balaban J connectivity index is 0.904. The zero-order chi connectivity index (χ0) is 34.2. The van der Waals surface area contributed by atoms with Crippen molar-refractivity contribution in [2.75, 3.05) is 9.80 Å². The zero-order valence-electron chi connectivity index (χ0n) is 27.5. The van der Waals surface area contributed by atoms with Crippen LogP contribution in [0, 0.1) is 0 Å². The highest BCUT2D eigenvalue weighted by atomic mass is 32.2. The van der Waals surface area contributed by atoms with Crippen LogP contribution >= 0.6 is 46.2 Å². The number of anilines is 2. The van der Waals surface area contributed by atoms with Crippen molar-refractivity contribution in [1.82, 2.24) is 9.97 Å². The van der Waals surface area contributed by atoms with Gasteiger partial charge in [-0.3, -0.25) is 19.4 Å². The number of carbonyl (C=O) groups is 2. The maximum atomic E-state index is 13.1. The second-order valence-corrected chi connectivity index (χ2v) is 16.9. The van der Waals surface area contributed by atoms with Crippen molar-refractivity contribution in [2.45, 2.75) is 47.9 Å². The lowest BCUT2D eigenvalue weighted by Gasteiger charge is -2.21. The van der Waals surface area contributed by atoms with E-state index >= 15 is 0 Å². The van der Waals surface area contributed by atoms with Gasteiger partial charge in [-0.05, 0) is 48.9 Å². The predicted molar refractivity (Wildman–Crippen MR) is 210 cm³/mol. The van der Waals surface area contributed by atoms with E-state index in [9.17, 15) is 9.59 Å². The molecule has 50 heavy (non-hydrogen) atoms. The first-order valence-corrected chi connectivity index (χ1v) is 20.2. The van der Waals surface area contributed by atoms with Crippen molar-refractivity contribution in [1.29, 1.82) is 0 Å². The summed E-state index contributed by atoms with van der Waals surface area (Å²) in [6, 6.07) is 37.6. The maximum Gasteiger partial charge on any atom is 0.242 e. The van der Waals surface area contributed by atoms with Gasteiger partial charge in [-0.15, -0.1) is 46.2 Å². The number of aromatic nitrogens is 2. The van der Waals surface area contributed by atoms with E-state index in [-0.39, 0.29) is 33.1 Å². The number of nitrogens with zero attached hydrogens (tertiary/aromatic N) is 4. The lowest BCUT2D eigenvalue weighted by Crippen LogP contribution is -2.29. The Morgan fingerprint density at radius 1 is 0.540 bits per heavy atom. The molecule has 2 aromatic heterocycles. The van der Waals surface area contributed by atoms with Gasteiger partial charge in [0, 0.05) is 21.9 Å². The fourth-order valence-corrected chi connectivity index (χ4v) is 10.7. The Hall–Kier alpha value is -4.22. The molecule has 2 fully saturated rings. The molecule has 2 amide bonds. The first kappa shape index (κ1) is 33.0. The van der Waals surface area contributed by atoms with E-state index in [2.05, 4.69) is 72.8 Å². The van der Waals surface area contributed by atoms with Crippen LogP contribution < -0.4 is 9.80 Å². The molecule has 6 nitrogen and oxygen atoms in total. The Kier molecular flexibility index (Phi) is 9.35. The Bertz CT molecular complexity index is 1960. The number of amides is 2. The van der Waals surface area contributed by atoms with Gasteiger partial charge in [0.2, 0.25) is 11.8 Å². The second-order valence-electron chi connectivity index (χ2n) is 12.4. The van der Waals surface area contributed by atoms with Gasteiger partial charge in [0.1, 0.15) is 10.7 Å². The van der Waals surface area contributed by atoms with Crippen LogP contribution in [0.2, 0.25) is 0 Å². The van der Waals surface area contributed by atoms with Crippen molar-refractivity contribution in [3.63, 3.8) is 0 Å². The fourth-order valence-electron chi connectivity index (χ4n) is 6.32. The van der Waals surface area contributed by atoms with Crippen LogP contribution in [0.25, 0.3) is 22.5 Å². The summed E-state index contributed by atoms with van der Waals surface area (Å²) in [5.41, 5.74) is 8.62. The molecule has 4 heterocycles. The number of hydrogen-bond donors (Lipinski definition) is 0. The van der Waals surface area contributed by atoms with E-state index in [1.165, 1.54) is 33.8 Å². The number of thiazole rings is 2. The van der Waals surface area contributed by atoms with Crippen LogP contribution in [0.15, 0.2) is 120 Å². The summed E-state index contributed by atoms with van der Waals surface area (Å²) in [6.45, 7) is 3.95. The van der Waals surface area contributed by atoms with Crippen LogP contribution in [0.1, 0.15) is 46.8 Å². The molecule has 250 valence electrons. The molecule has 2 aliphatic heterocycles. The summed E-state index contributed by atoms with van der Waals surface area (Å²) >= 11 is 6.39. The Morgan fingerprint density at radius 3 is 1.30 bits per heavy atom. The molecule has 0 aliphatic carbocycles. The average Bonchev–Trinajstić information content (AvgIpc) is 3.96. The van der Waals surface area contributed by atoms with Gasteiger partial charge in [-0.2, -0.15) is 0 Å². The van der Waals surface area contributed by atoms with E-state index in [0.29, 0.717) is 0 Å². The molecule has 2 saturated heterocycles. The number of benzene rings is 4.